The number of hydrogen-bond donors (Lipinski definition) is 3. The summed E-state index contributed by atoms with van der Waals surface area (Å²) in [5.41, 5.74) is 1.50. The third-order valence-corrected chi connectivity index (χ3v) is 6.27. The second-order valence-electron chi connectivity index (χ2n) is 8.24. The summed E-state index contributed by atoms with van der Waals surface area (Å²) in [5, 5.41) is 13.6. The van der Waals surface area contributed by atoms with Crippen molar-refractivity contribution >= 4 is 39.9 Å². The lowest BCUT2D eigenvalue weighted by Gasteiger charge is -2.33. The standard InChI is InChI=1S/C24H23ClFN3O4/c1-13(23(31)29-8-2-3-14(12-29)24(32)33)28-16-5-7-17-19(10-16)22(30)27-11-20(17)18-6-4-15(26)9-21(18)25/h4-7,9-11,13-14,28H,2-3,8,12H2,1H3,(H,27,30)(H,32,33)/t13?,14-/m0/s1. The van der Waals surface area contributed by atoms with Gasteiger partial charge in [0.05, 0.1) is 10.9 Å². The van der Waals surface area contributed by atoms with Crippen LogP contribution in [0.2, 0.25) is 5.02 Å². The quantitative estimate of drug-likeness (QED) is 0.519. The number of aromatic amines is 1. The van der Waals surface area contributed by atoms with E-state index in [1.165, 1.54) is 18.3 Å². The number of nitrogens with zero attached hydrogens (tertiary/aromatic N) is 1. The van der Waals surface area contributed by atoms with Crippen molar-refractivity contribution in [3.8, 4) is 11.1 Å². The first-order valence-electron chi connectivity index (χ1n) is 10.6. The van der Waals surface area contributed by atoms with Gasteiger partial charge < -0.3 is 20.3 Å². The Morgan fingerprint density at radius 3 is 2.73 bits per heavy atom. The molecule has 1 aliphatic rings. The zero-order chi connectivity index (χ0) is 23.7. The van der Waals surface area contributed by atoms with E-state index >= 15 is 0 Å². The van der Waals surface area contributed by atoms with Crippen LogP contribution in [0, 0.1) is 11.7 Å². The number of benzene rings is 2. The number of carboxylic acids is 1. The smallest absolute Gasteiger partial charge is 0.308 e. The maximum absolute atomic E-state index is 13.5. The van der Waals surface area contributed by atoms with Gasteiger partial charge in [0.15, 0.2) is 0 Å². The number of carbonyl (C=O) groups is 2. The molecule has 0 aliphatic carbocycles. The average Bonchev–Trinajstić information content (AvgIpc) is 2.79. The molecule has 0 radical (unpaired) electrons. The van der Waals surface area contributed by atoms with Crippen molar-refractivity contribution < 1.29 is 19.1 Å². The number of rotatable bonds is 5. The van der Waals surface area contributed by atoms with Crippen LogP contribution >= 0.6 is 11.6 Å². The minimum Gasteiger partial charge on any atom is -0.481 e. The number of hydrogen-bond acceptors (Lipinski definition) is 4. The van der Waals surface area contributed by atoms with Crippen LogP contribution in [0.3, 0.4) is 0 Å². The number of aromatic nitrogens is 1. The molecule has 1 aromatic heterocycles. The Kier molecular flexibility index (Phi) is 6.37. The van der Waals surface area contributed by atoms with Gasteiger partial charge in [-0.3, -0.25) is 14.4 Å². The van der Waals surface area contributed by atoms with E-state index in [1.807, 2.05) is 0 Å². The molecule has 1 fully saturated rings. The third-order valence-electron chi connectivity index (χ3n) is 5.96. The molecule has 0 bridgehead atoms. The van der Waals surface area contributed by atoms with Crippen LogP contribution in [0.25, 0.3) is 21.9 Å². The fraction of sp³-hybridized carbons (Fsp3) is 0.292. The van der Waals surface area contributed by atoms with E-state index in [-0.39, 0.29) is 23.0 Å². The molecule has 3 aromatic rings. The predicted molar refractivity (Wildman–Crippen MR) is 125 cm³/mol. The van der Waals surface area contributed by atoms with Crippen molar-refractivity contribution in [1.29, 1.82) is 0 Å². The minimum atomic E-state index is -0.890. The second kappa shape index (κ2) is 9.23. The topological polar surface area (TPSA) is 103 Å². The summed E-state index contributed by atoms with van der Waals surface area (Å²) in [7, 11) is 0. The Balaban J connectivity index is 1.59. The van der Waals surface area contributed by atoms with Gasteiger partial charge in [-0.2, -0.15) is 0 Å². The third kappa shape index (κ3) is 4.71. The summed E-state index contributed by atoms with van der Waals surface area (Å²) >= 11 is 6.22. The molecule has 1 saturated heterocycles. The normalized spacial score (nSPS) is 17.1. The monoisotopic (exact) mass is 471 g/mol. The van der Waals surface area contributed by atoms with Crippen molar-refractivity contribution in [3.05, 3.63) is 63.8 Å². The Labute approximate surface area is 194 Å². The van der Waals surface area contributed by atoms with Gasteiger partial charge >= 0.3 is 5.97 Å². The molecule has 1 aliphatic heterocycles. The maximum Gasteiger partial charge on any atom is 0.308 e. The number of H-pyrrole nitrogens is 1. The van der Waals surface area contributed by atoms with Gasteiger partial charge in [0.1, 0.15) is 11.9 Å². The highest BCUT2D eigenvalue weighted by molar-refractivity contribution is 6.33. The zero-order valence-corrected chi connectivity index (χ0v) is 18.7. The largest absolute Gasteiger partial charge is 0.481 e. The number of amides is 1. The summed E-state index contributed by atoms with van der Waals surface area (Å²) in [6.07, 6.45) is 2.75. The van der Waals surface area contributed by atoms with E-state index in [2.05, 4.69) is 10.3 Å². The summed E-state index contributed by atoms with van der Waals surface area (Å²) in [6.45, 7) is 2.42. The number of pyridine rings is 1. The van der Waals surface area contributed by atoms with Crippen molar-refractivity contribution in [2.24, 2.45) is 5.92 Å². The highest BCUT2D eigenvalue weighted by Crippen LogP contribution is 2.33. The van der Waals surface area contributed by atoms with Gasteiger partial charge in [-0.25, -0.2) is 4.39 Å². The van der Waals surface area contributed by atoms with Crippen LogP contribution in [-0.2, 0) is 9.59 Å². The lowest BCUT2D eigenvalue weighted by molar-refractivity contribution is -0.145. The van der Waals surface area contributed by atoms with Crippen LogP contribution in [0.5, 0.6) is 0 Å². The summed E-state index contributed by atoms with van der Waals surface area (Å²) in [6, 6.07) is 8.62. The molecule has 33 heavy (non-hydrogen) atoms. The molecule has 4 rings (SSSR count). The number of aliphatic carboxylic acids is 1. The number of piperidine rings is 1. The number of carboxylic acid groups (broad SMARTS) is 1. The molecule has 9 heteroatoms. The van der Waals surface area contributed by atoms with Crippen molar-refractivity contribution in [3.63, 3.8) is 0 Å². The number of carbonyl (C=O) groups excluding carboxylic acids is 1. The Bertz CT molecular complexity index is 1290. The molecular formula is C24H23ClFN3O4. The SMILES string of the molecule is CC(Nc1ccc2c(-c3ccc(F)cc3Cl)c[nH]c(=O)c2c1)C(=O)N1CCC[C@H](C(=O)O)C1. The molecule has 7 nitrogen and oxygen atoms in total. The van der Waals surface area contributed by atoms with Gasteiger partial charge in [0.2, 0.25) is 5.91 Å². The number of anilines is 1. The fourth-order valence-electron chi connectivity index (χ4n) is 4.25. The molecule has 1 unspecified atom stereocenters. The first-order valence-corrected chi connectivity index (χ1v) is 11.0. The predicted octanol–water partition coefficient (Wildman–Crippen LogP) is 4.11. The van der Waals surface area contributed by atoms with E-state index in [1.54, 1.807) is 36.1 Å². The number of fused-ring (bicyclic) bond motifs is 1. The van der Waals surface area contributed by atoms with Gasteiger partial charge in [-0.15, -0.1) is 0 Å². The highest BCUT2D eigenvalue weighted by atomic mass is 35.5. The Morgan fingerprint density at radius 2 is 2.00 bits per heavy atom. The van der Waals surface area contributed by atoms with Crippen LogP contribution in [0.1, 0.15) is 19.8 Å². The number of halogens is 2. The molecule has 2 aromatic carbocycles. The zero-order valence-electron chi connectivity index (χ0n) is 17.9. The fourth-order valence-corrected chi connectivity index (χ4v) is 4.51. The van der Waals surface area contributed by atoms with Crippen LogP contribution in [0.15, 0.2) is 47.4 Å². The lowest BCUT2D eigenvalue weighted by Crippen LogP contribution is -2.47. The molecule has 2 atom stereocenters. The number of likely N-dealkylation sites (tertiary alicyclic amines) is 1. The molecule has 172 valence electrons. The van der Waals surface area contributed by atoms with E-state index in [0.29, 0.717) is 47.0 Å². The molecule has 2 heterocycles. The van der Waals surface area contributed by atoms with Gasteiger partial charge in [-0.1, -0.05) is 17.7 Å². The van der Waals surface area contributed by atoms with Crippen LogP contribution in [0.4, 0.5) is 10.1 Å². The maximum atomic E-state index is 13.5. The van der Waals surface area contributed by atoms with Crippen LogP contribution < -0.4 is 10.9 Å². The Hall–Kier alpha value is -3.39. The summed E-state index contributed by atoms with van der Waals surface area (Å²) in [4.78, 5) is 40.9. The van der Waals surface area contributed by atoms with E-state index in [4.69, 9.17) is 11.6 Å². The summed E-state index contributed by atoms with van der Waals surface area (Å²) < 4.78 is 13.5. The van der Waals surface area contributed by atoms with Gasteiger partial charge in [0.25, 0.3) is 5.56 Å². The van der Waals surface area contributed by atoms with Crippen molar-refractivity contribution in [2.75, 3.05) is 18.4 Å². The average molecular weight is 472 g/mol. The minimum absolute atomic E-state index is 0.193. The molecular weight excluding hydrogens is 449 g/mol. The van der Waals surface area contributed by atoms with Crippen LogP contribution in [-0.4, -0.2) is 46.0 Å². The van der Waals surface area contributed by atoms with Gasteiger partial charge in [-0.05, 0) is 55.5 Å². The highest BCUT2D eigenvalue weighted by Gasteiger charge is 2.30. The summed E-state index contributed by atoms with van der Waals surface area (Å²) in [5.74, 6) is -2.09. The van der Waals surface area contributed by atoms with E-state index < -0.39 is 23.7 Å². The first-order chi connectivity index (χ1) is 15.7. The first kappa shape index (κ1) is 22.8. The van der Waals surface area contributed by atoms with E-state index in [9.17, 15) is 23.9 Å². The van der Waals surface area contributed by atoms with E-state index in [0.717, 1.165) is 0 Å². The van der Waals surface area contributed by atoms with Crippen molar-refractivity contribution in [1.82, 2.24) is 9.88 Å². The molecule has 1 amide bonds. The second-order valence-corrected chi connectivity index (χ2v) is 8.65. The van der Waals surface area contributed by atoms with Crippen molar-refractivity contribution in [2.45, 2.75) is 25.8 Å². The molecule has 3 N–H and O–H groups in total. The number of nitrogens with one attached hydrogen (secondary N) is 2. The Morgan fingerprint density at radius 1 is 1.21 bits per heavy atom. The molecule has 0 saturated carbocycles. The molecule has 0 spiro atoms. The van der Waals surface area contributed by atoms with Gasteiger partial charge in [0, 0.05) is 41.5 Å². The lowest BCUT2D eigenvalue weighted by atomic mass is 9.97.